The van der Waals surface area contributed by atoms with Crippen molar-refractivity contribution in [1.82, 2.24) is 19.5 Å². The van der Waals surface area contributed by atoms with Gasteiger partial charge >= 0.3 is 0 Å². The Morgan fingerprint density at radius 1 is 0.368 bits per heavy atom. The van der Waals surface area contributed by atoms with Crippen molar-refractivity contribution in [2.24, 2.45) is 0 Å². The number of fused-ring (bicyclic) bond motifs is 6. The Morgan fingerprint density at radius 2 is 0.825 bits per heavy atom. The highest BCUT2D eigenvalue weighted by atomic mass is 16.3. The Hall–Kier alpha value is -7.63. The molecule has 57 heavy (non-hydrogen) atoms. The maximum Gasteiger partial charge on any atom is 0.238 e. The van der Waals surface area contributed by atoms with E-state index in [-0.39, 0.29) is 0 Å². The summed E-state index contributed by atoms with van der Waals surface area (Å²) in [5, 5.41) is 4.26. The van der Waals surface area contributed by atoms with Gasteiger partial charge in [-0.1, -0.05) is 182 Å². The van der Waals surface area contributed by atoms with Crippen LogP contribution < -0.4 is 0 Å². The van der Waals surface area contributed by atoms with Gasteiger partial charge in [-0.3, -0.25) is 4.57 Å². The van der Waals surface area contributed by atoms with Crippen LogP contribution in [0.25, 0.3) is 72.5 Å². The lowest BCUT2D eigenvalue weighted by Crippen LogP contribution is -2.31. The predicted molar refractivity (Wildman–Crippen MR) is 231 cm³/mol. The monoisotopic (exact) mass is 730 g/mol. The van der Waals surface area contributed by atoms with Crippen LogP contribution >= 0.6 is 0 Å². The third kappa shape index (κ3) is 5.13. The molecule has 0 radical (unpaired) electrons. The fourth-order valence-electron chi connectivity index (χ4n) is 8.84. The molecule has 3 heterocycles. The molecule has 11 rings (SSSR count). The largest absolute Gasteiger partial charge is 0.456 e. The quantitative estimate of drug-likeness (QED) is 0.153. The van der Waals surface area contributed by atoms with Crippen molar-refractivity contribution < 1.29 is 4.42 Å². The first-order chi connectivity index (χ1) is 28.3. The molecule has 0 unspecified atom stereocenters. The summed E-state index contributed by atoms with van der Waals surface area (Å²) < 4.78 is 8.56. The number of nitrogens with zero attached hydrogens (tertiary/aromatic N) is 4. The minimum atomic E-state index is -0.721. The van der Waals surface area contributed by atoms with E-state index in [0.717, 1.165) is 77.1 Å². The zero-order valence-electron chi connectivity index (χ0n) is 30.8. The van der Waals surface area contributed by atoms with Crippen molar-refractivity contribution in [1.29, 1.82) is 0 Å². The molecule has 0 saturated carbocycles. The SMILES string of the molecule is c1ccc(C(c2ccccc2)(c2ccccc2)c2ccccc2-c2nc(-c3cccc4oc5ccccc5c34)nc(-n3c4ccccc4c4ccccc43)n2)cc1. The molecule has 0 amide bonds. The van der Waals surface area contributed by atoms with Gasteiger partial charge in [-0.15, -0.1) is 0 Å². The number of hydrogen-bond donors (Lipinski definition) is 0. The molecular weight excluding hydrogens is 697 g/mol. The minimum absolute atomic E-state index is 0.539. The normalized spacial score (nSPS) is 11.9. The molecule has 0 saturated heterocycles. The first-order valence-electron chi connectivity index (χ1n) is 19.2. The molecule has 0 aliphatic carbocycles. The molecule has 0 fully saturated rings. The van der Waals surface area contributed by atoms with Gasteiger partial charge in [0.15, 0.2) is 11.6 Å². The molecule has 5 heteroatoms. The Labute approximate surface area is 329 Å². The molecule has 3 aromatic heterocycles. The van der Waals surface area contributed by atoms with E-state index < -0.39 is 5.41 Å². The van der Waals surface area contributed by atoms with E-state index >= 15 is 0 Å². The molecule has 0 bridgehead atoms. The molecule has 268 valence electrons. The second-order valence-electron chi connectivity index (χ2n) is 14.3. The van der Waals surface area contributed by atoms with Gasteiger partial charge in [0.25, 0.3) is 0 Å². The Morgan fingerprint density at radius 3 is 1.44 bits per heavy atom. The smallest absolute Gasteiger partial charge is 0.238 e. The van der Waals surface area contributed by atoms with Crippen LogP contribution in [0.4, 0.5) is 0 Å². The van der Waals surface area contributed by atoms with Crippen LogP contribution in [0.2, 0.25) is 0 Å². The van der Waals surface area contributed by atoms with E-state index in [1.807, 2.05) is 30.3 Å². The van der Waals surface area contributed by atoms with Crippen LogP contribution in [0, 0.1) is 0 Å². The molecule has 0 spiro atoms. The highest BCUT2D eigenvalue weighted by molar-refractivity contribution is 6.12. The lowest BCUT2D eigenvalue weighted by atomic mass is 9.64. The van der Waals surface area contributed by atoms with Crippen LogP contribution in [0.15, 0.2) is 211 Å². The molecular formula is C52H34N4O. The zero-order chi connectivity index (χ0) is 37.8. The van der Waals surface area contributed by atoms with E-state index in [2.05, 4.69) is 180 Å². The number of hydrogen-bond acceptors (Lipinski definition) is 4. The summed E-state index contributed by atoms with van der Waals surface area (Å²) in [6.07, 6.45) is 0. The van der Waals surface area contributed by atoms with E-state index in [1.54, 1.807) is 0 Å². The predicted octanol–water partition coefficient (Wildman–Crippen LogP) is 12.6. The minimum Gasteiger partial charge on any atom is -0.456 e. The standard InChI is InChI=1S/C52H34N4O/c1-4-19-35(20-5-1)52(36-21-6-2-7-22-36,37-23-8-3-9-24-37)43-30-14-10-27-40(43)49-53-50(42-29-18-34-47-48(42)41-28-13-17-33-46(41)57-47)55-51(54-49)56-44-31-15-11-25-38(44)39-26-12-16-32-45(39)56/h1-34H. The van der Waals surface area contributed by atoms with Crippen LogP contribution in [0.5, 0.6) is 0 Å². The first-order valence-corrected chi connectivity index (χ1v) is 19.2. The molecule has 8 aromatic carbocycles. The Kier molecular flexibility index (Phi) is 7.64. The number of furan rings is 1. The highest BCUT2D eigenvalue weighted by Crippen LogP contribution is 2.48. The lowest BCUT2D eigenvalue weighted by molar-refractivity contribution is 0.669. The summed E-state index contributed by atoms with van der Waals surface area (Å²) in [6, 6.07) is 72.1. The lowest BCUT2D eigenvalue weighted by Gasteiger charge is -2.38. The summed E-state index contributed by atoms with van der Waals surface area (Å²) in [5.74, 6) is 1.68. The van der Waals surface area contributed by atoms with Gasteiger partial charge in [-0.25, -0.2) is 4.98 Å². The maximum absolute atomic E-state index is 6.38. The van der Waals surface area contributed by atoms with Crippen molar-refractivity contribution in [3.8, 4) is 28.7 Å². The topological polar surface area (TPSA) is 56.7 Å². The van der Waals surface area contributed by atoms with Gasteiger partial charge in [0, 0.05) is 32.7 Å². The number of aromatic nitrogens is 4. The van der Waals surface area contributed by atoms with E-state index in [9.17, 15) is 0 Å². The van der Waals surface area contributed by atoms with Crippen molar-refractivity contribution in [2.75, 3.05) is 0 Å². The van der Waals surface area contributed by atoms with Crippen LogP contribution in [-0.2, 0) is 5.41 Å². The summed E-state index contributed by atoms with van der Waals surface area (Å²) in [6.45, 7) is 0. The first kappa shape index (κ1) is 32.8. The highest BCUT2D eigenvalue weighted by Gasteiger charge is 2.40. The van der Waals surface area contributed by atoms with E-state index in [1.165, 1.54) is 0 Å². The van der Waals surface area contributed by atoms with Crippen LogP contribution in [0.3, 0.4) is 0 Å². The van der Waals surface area contributed by atoms with Gasteiger partial charge in [0.05, 0.1) is 16.4 Å². The summed E-state index contributed by atoms with van der Waals surface area (Å²) in [7, 11) is 0. The third-order valence-electron chi connectivity index (χ3n) is 11.2. The molecule has 0 atom stereocenters. The fourth-order valence-corrected chi connectivity index (χ4v) is 8.84. The Bertz CT molecular complexity index is 3090. The molecule has 0 aliphatic heterocycles. The summed E-state index contributed by atoms with van der Waals surface area (Å²) >= 11 is 0. The van der Waals surface area contributed by atoms with Crippen molar-refractivity contribution in [3.63, 3.8) is 0 Å². The van der Waals surface area contributed by atoms with E-state index in [0.29, 0.717) is 17.6 Å². The molecule has 0 aliphatic rings. The average molecular weight is 731 g/mol. The van der Waals surface area contributed by atoms with Crippen molar-refractivity contribution in [2.45, 2.75) is 5.41 Å². The van der Waals surface area contributed by atoms with Crippen LogP contribution in [0.1, 0.15) is 22.3 Å². The average Bonchev–Trinajstić information content (AvgIpc) is 3.84. The van der Waals surface area contributed by atoms with Gasteiger partial charge < -0.3 is 4.42 Å². The van der Waals surface area contributed by atoms with Gasteiger partial charge in [-0.2, -0.15) is 9.97 Å². The summed E-state index contributed by atoms with van der Waals surface area (Å²) in [4.78, 5) is 16.3. The molecule has 5 nitrogen and oxygen atoms in total. The van der Waals surface area contributed by atoms with Gasteiger partial charge in [0.2, 0.25) is 5.95 Å². The Balaban J connectivity index is 1.27. The number of para-hydroxylation sites is 3. The summed E-state index contributed by atoms with van der Waals surface area (Å²) in [5.41, 5.74) is 9.19. The van der Waals surface area contributed by atoms with Crippen molar-refractivity contribution >= 4 is 43.7 Å². The van der Waals surface area contributed by atoms with Crippen LogP contribution in [-0.4, -0.2) is 19.5 Å². The van der Waals surface area contributed by atoms with Gasteiger partial charge in [0.1, 0.15) is 11.2 Å². The zero-order valence-corrected chi connectivity index (χ0v) is 30.8. The second-order valence-corrected chi connectivity index (χ2v) is 14.3. The third-order valence-corrected chi connectivity index (χ3v) is 11.2. The number of rotatable bonds is 7. The molecule has 11 aromatic rings. The van der Waals surface area contributed by atoms with Gasteiger partial charge in [-0.05, 0) is 46.5 Å². The van der Waals surface area contributed by atoms with E-state index in [4.69, 9.17) is 19.4 Å². The fraction of sp³-hybridized carbons (Fsp3) is 0.0192. The number of benzene rings is 8. The maximum atomic E-state index is 6.38. The second kappa shape index (κ2) is 13.3. The molecule has 0 N–H and O–H groups in total. The van der Waals surface area contributed by atoms with Crippen molar-refractivity contribution in [3.05, 3.63) is 229 Å².